The highest BCUT2D eigenvalue weighted by atomic mass is 35.5. The number of alkyl halides is 1. The van der Waals surface area contributed by atoms with Gasteiger partial charge in [-0.1, -0.05) is 5.16 Å². The van der Waals surface area contributed by atoms with E-state index in [1.807, 2.05) is 0 Å². The topological polar surface area (TPSA) is 51.8 Å². The van der Waals surface area contributed by atoms with E-state index in [1.165, 1.54) is 12.1 Å². The number of nitrogens with zero attached hydrogens (tertiary/aromatic N) is 3. The van der Waals surface area contributed by atoms with Crippen molar-refractivity contribution in [1.29, 1.82) is 0 Å². The standard InChI is InChI=1S/C10H9ClFN3O/c11-5-1-2-9-14-10(15-16-9)8-4-3-7(12)6-13-8/h3-4,6H,1-2,5H2. The van der Waals surface area contributed by atoms with Crippen molar-refractivity contribution in [2.75, 3.05) is 5.88 Å². The fraction of sp³-hybridized carbons (Fsp3) is 0.300. The van der Waals surface area contributed by atoms with E-state index >= 15 is 0 Å². The Morgan fingerprint density at radius 3 is 2.94 bits per heavy atom. The summed E-state index contributed by atoms with van der Waals surface area (Å²) in [5.74, 6) is 1.04. The summed E-state index contributed by atoms with van der Waals surface area (Å²) < 4.78 is 17.6. The lowest BCUT2D eigenvalue weighted by Gasteiger charge is -1.91. The maximum Gasteiger partial charge on any atom is 0.227 e. The number of rotatable bonds is 4. The van der Waals surface area contributed by atoms with Gasteiger partial charge in [0.2, 0.25) is 11.7 Å². The van der Waals surface area contributed by atoms with Crippen LogP contribution in [0, 0.1) is 5.82 Å². The van der Waals surface area contributed by atoms with E-state index in [9.17, 15) is 4.39 Å². The van der Waals surface area contributed by atoms with E-state index in [-0.39, 0.29) is 0 Å². The van der Waals surface area contributed by atoms with Crippen LogP contribution < -0.4 is 0 Å². The van der Waals surface area contributed by atoms with Crippen LogP contribution in [-0.4, -0.2) is 21.0 Å². The van der Waals surface area contributed by atoms with Crippen LogP contribution in [0.1, 0.15) is 12.3 Å². The number of aryl methyl sites for hydroxylation is 1. The summed E-state index contributed by atoms with van der Waals surface area (Å²) >= 11 is 5.55. The Morgan fingerprint density at radius 2 is 2.25 bits per heavy atom. The van der Waals surface area contributed by atoms with Crippen LogP contribution in [0.2, 0.25) is 0 Å². The largest absolute Gasteiger partial charge is 0.339 e. The molecule has 2 heterocycles. The number of pyridine rings is 1. The molecule has 0 atom stereocenters. The highest BCUT2D eigenvalue weighted by Crippen LogP contribution is 2.13. The van der Waals surface area contributed by atoms with Crippen LogP contribution >= 0.6 is 11.6 Å². The van der Waals surface area contributed by atoms with E-state index in [1.54, 1.807) is 0 Å². The second kappa shape index (κ2) is 5.03. The summed E-state index contributed by atoms with van der Waals surface area (Å²) in [6.45, 7) is 0. The first-order chi connectivity index (χ1) is 7.79. The highest BCUT2D eigenvalue weighted by molar-refractivity contribution is 6.17. The first-order valence-corrected chi connectivity index (χ1v) is 5.33. The Balaban J connectivity index is 2.15. The first-order valence-electron chi connectivity index (χ1n) is 4.80. The molecule has 0 saturated carbocycles. The lowest BCUT2D eigenvalue weighted by atomic mass is 10.3. The predicted octanol–water partition coefficient (Wildman–Crippen LogP) is 2.44. The summed E-state index contributed by atoms with van der Waals surface area (Å²) in [5, 5.41) is 3.75. The van der Waals surface area contributed by atoms with Gasteiger partial charge in [-0.2, -0.15) is 4.98 Å². The molecule has 0 unspecified atom stereocenters. The molecular weight excluding hydrogens is 233 g/mol. The molecule has 0 aliphatic rings. The molecule has 16 heavy (non-hydrogen) atoms. The van der Waals surface area contributed by atoms with E-state index in [4.69, 9.17) is 16.1 Å². The third-order valence-electron chi connectivity index (χ3n) is 1.95. The normalized spacial score (nSPS) is 10.6. The molecule has 0 bridgehead atoms. The summed E-state index contributed by atoms with van der Waals surface area (Å²) in [7, 11) is 0. The summed E-state index contributed by atoms with van der Waals surface area (Å²) in [6, 6.07) is 2.81. The molecule has 0 radical (unpaired) electrons. The molecule has 2 rings (SSSR count). The molecule has 4 nitrogen and oxygen atoms in total. The fourth-order valence-electron chi connectivity index (χ4n) is 1.19. The summed E-state index contributed by atoms with van der Waals surface area (Å²) in [5.41, 5.74) is 0.488. The SMILES string of the molecule is Fc1ccc(-c2noc(CCCCl)n2)nc1. The van der Waals surface area contributed by atoms with Gasteiger partial charge in [0.25, 0.3) is 0 Å². The molecule has 6 heteroatoms. The van der Waals surface area contributed by atoms with E-state index in [0.717, 1.165) is 12.6 Å². The quantitative estimate of drug-likeness (QED) is 0.772. The zero-order chi connectivity index (χ0) is 11.4. The summed E-state index contributed by atoms with van der Waals surface area (Å²) in [4.78, 5) is 7.98. The smallest absolute Gasteiger partial charge is 0.227 e. The van der Waals surface area contributed by atoms with Crippen LogP contribution in [0.25, 0.3) is 11.5 Å². The second-order valence-electron chi connectivity index (χ2n) is 3.17. The van der Waals surface area contributed by atoms with E-state index in [2.05, 4.69) is 15.1 Å². The minimum absolute atomic E-state index is 0.365. The van der Waals surface area contributed by atoms with Gasteiger partial charge in [0.15, 0.2) is 0 Å². The fourth-order valence-corrected chi connectivity index (χ4v) is 1.32. The third kappa shape index (κ3) is 2.55. The Hall–Kier alpha value is -1.49. The van der Waals surface area contributed by atoms with Gasteiger partial charge in [-0.05, 0) is 18.6 Å². The maximum atomic E-state index is 12.6. The second-order valence-corrected chi connectivity index (χ2v) is 3.54. The van der Waals surface area contributed by atoms with Crippen LogP contribution in [-0.2, 0) is 6.42 Å². The average Bonchev–Trinajstić information content (AvgIpc) is 2.76. The lowest BCUT2D eigenvalue weighted by molar-refractivity contribution is 0.378. The molecule has 0 amide bonds. The highest BCUT2D eigenvalue weighted by Gasteiger charge is 2.09. The van der Waals surface area contributed by atoms with Gasteiger partial charge in [0, 0.05) is 12.3 Å². The van der Waals surface area contributed by atoms with Crippen molar-refractivity contribution in [1.82, 2.24) is 15.1 Å². The molecule has 84 valence electrons. The van der Waals surface area contributed by atoms with Crippen molar-refractivity contribution in [2.45, 2.75) is 12.8 Å². The first kappa shape index (κ1) is 11.0. The average molecular weight is 242 g/mol. The number of halogens is 2. The van der Waals surface area contributed by atoms with Crippen LogP contribution in [0.3, 0.4) is 0 Å². The molecule has 0 N–H and O–H groups in total. The van der Waals surface area contributed by atoms with Gasteiger partial charge >= 0.3 is 0 Å². The zero-order valence-corrected chi connectivity index (χ0v) is 9.12. The molecular formula is C10H9ClFN3O. The van der Waals surface area contributed by atoms with Crippen molar-refractivity contribution < 1.29 is 8.91 Å². The van der Waals surface area contributed by atoms with Gasteiger partial charge in [0.1, 0.15) is 11.5 Å². The molecule has 2 aromatic heterocycles. The molecule has 0 saturated heterocycles. The maximum absolute atomic E-state index is 12.6. The lowest BCUT2D eigenvalue weighted by Crippen LogP contribution is -1.88. The van der Waals surface area contributed by atoms with Crippen molar-refractivity contribution in [3.8, 4) is 11.5 Å². The number of aromatic nitrogens is 3. The predicted molar refractivity (Wildman–Crippen MR) is 56.5 cm³/mol. The van der Waals surface area contributed by atoms with Gasteiger partial charge in [-0.15, -0.1) is 11.6 Å². The summed E-state index contributed by atoms with van der Waals surface area (Å²) in [6.07, 6.45) is 2.53. The van der Waals surface area contributed by atoms with Crippen molar-refractivity contribution in [3.63, 3.8) is 0 Å². The number of hydrogen-bond acceptors (Lipinski definition) is 4. The van der Waals surface area contributed by atoms with Crippen LogP contribution in [0.4, 0.5) is 4.39 Å². The van der Waals surface area contributed by atoms with Gasteiger partial charge in [-0.25, -0.2) is 9.37 Å². The van der Waals surface area contributed by atoms with Gasteiger partial charge in [0.05, 0.1) is 6.20 Å². The monoisotopic (exact) mass is 241 g/mol. The van der Waals surface area contributed by atoms with Crippen molar-refractivity contribution >= 4 is 11.6 Å². The molecule has 0 aromatic carbocycles. The third-order valence-corrected chi connectivity index (χ3v) is 2.22. The van der Waals surface area contributed by atoms with Crippen molar-refractivity contribution in [3.05, 3.63) is 30.0 Å². The minimum Gasteiger partial charge on any atom is -0.339 e. The van der Waals surface area contributed by atoms with E-state index < -0.39 is 5.82 Å². The molecule has 0 spiro atoms. The van der Waals surface area contributed by atoms with Crippen LogP contribution in [0.5, 0.6) is 0 Å². The molecule has 0 aliphatic carbocycles. The Kier molecular flexibility index (Phi) is 3.46. The van der Waals surface area contributed by atoms with Crippen molar-refractivity contribution in [2.24, 2.45) is 0 Å². The minimum atomic E-state index is -0.394. The zero-order valence-electron chi connectivity index (χ0n) is 8.36. The van der Waals surface area contributed by atoms with E-state index in [0.29, 0.717) is 29.7 Å². The Morgan fingerprint density at radius 1 is 1.38 bits per heavy atom. The molecule has 0 aliphatic heterocycles. The molecule has 0 fully saturated rings. The van der Waals surface area contributed by atoms with Gasteiger partial charge in [-0.3, -0.25) is 0 Å². The Labute approximate surface area is 96.5 Å². The Bertz CT molecular complexity index is 457. The van der Waals surface area contributed by atoms with Crippen LogP contribution in [0.15, 0.2) is 22.9 Å². The number of hydrogen-bond donors (Lipinski definition) is 0. The van der Waals surface area contributed by atoms with Gasteiger partial charge < -0.3 is 4.52 Å². The molecule has 2 aromatic rings.